The first kappa shape index (κ1) is 15.7. The van der Waals surface area contributed by atoms with E-state index in [2.05, 4.69) is 4.72 Å². The van der Waals surface area contributed by atoms with Crippen LogP contribution < -0.4 is 4.72 Å². The Kier molecular flexibility index (Phi) is 4.22. The van der Waals surface area contributed by atoms with Crippen molar-refractivity contribution in [2.45, 2.75) is 37.0 Å². The Balaban J connectivity index is 1.87. The van der Waals surface area contributed by atoms with Gasteiger partial charge in [0.2, 0.25) is 5.91 Å². The summed E-state index contributed by atoms with van der Waals surface area (Å²) in [6.07, 6.45) is 2.50. The molecular weight excluding hydrogens is 310 g/mol. The van der Waals surface area contributed by atoms with Crippen LogP contribution in [0.1, 0.15) is 35.4 Å². The number of sulfonamides is 1. The van der Waals surface area contributed by atoms with Gasteiger partial charge in [0.25, 0.3) is 10.0 Å². The van der Waals surface area contributed by atoms with Crippen molar-refractivity contribution >= 4 is 15.9 Å². The van der Waals surface area contributed by atoms with Gasteiger partial charge < -0.3 is 0 Å². The zero-order valence-electron chi connectivity index (χ0n) is 13.0. The van der Waals surface area contributed by atoms with Crippen molar-refractivity contribution in [1.82, 2.24) is 4.72 Å². The number of hydrogen-bond donors (Lipinski definition) is 1. The Morgan fingerprint density at radius 2 is 1.78 bits per heavy atom. The monoisotopic (exact) mass is 329 g/mol. The highest BCUT2D eigenvalue weighted by Gasteiger charge is 2.29. The van der Waals surface area contributed by atoms with E-state index in [9.17, 15) is 13.2 Å². The molecule has 1 amide bonds. The predicted octanol–water partition coefficient (Wildman–Crippen LogP) is 2.92. The third-order valence-electron chi connectivity index (χ3n) is 4.30. The van der Waals surface area contributed by atoms with Gasteiger partial charge in [-0.25, -0.2) is 13.1 Å². The van der Waals surface area contributed by atoms with Gasteiger partial charge in [0.05, 0.1) is 10.8 Å². The Hall–Kier alpha value is -2.14. The molecule has 3 rings (SSSR count). The first-order chi connectivity index (χ1) is 11.0. The molecule has 0 radical (unpaired) electrons. The standard InChI is InChI=1S/C18H19NO3S/c1-13-7-2-5-12-17(13)23(21,22)19-18(20)16-11-6-9-14-8-3-4-10-15(14)16/h2-5,7-8,10,12,16H,6,9,11H2,1H3,(H,19,20)/t16-/m0/s1. The molecule has 1 atom stereocenters. The van der Waals surface area contributed by atoms with Crippen LogP contribution in [0.15, 0.2) is 53.4 Å². The average molecular weight is 329 g/mol. The number of benzene rings is 2. The number of rotatable bonds is 3. The number of fused-ring (bicyclic) bond motifs is 1. The van der Waals surface area contributed by atoms with Crippen LogP contribution >= 0.6 is 0 Å². The summed E-state index contributed by atoms with van der Waals surface area (Å²) in [5.41, 5.74) is 2.69. The van der Waals surface area contributed by atoms with E-state index in [1.165, 1.54) is 6.07 Å². The minimum Gasteiger partial charge on any atom is -0.273 e. The number of amides is 1. The summed E-state index contributed by atoms with van der Waals surface area (Å²) in [6.45, 7) is 1.72. The molecule has 2 aromatic rings. The van der Waals surface area contributed by atoms with Gasteiger partial charge in [-0.3, -0.25) is 4.79 Å². The highest BCUT2D eigenvalue weighted by atomic mass is 32.2. The number of hydrogen-bond acceptors (Lipinski definition) is 3. The molecule has 0 bridgehead atoms. The quantitative estimate of drug-likeness (QED) is 0.942. The number of aryl methyl sites for hydroxylation is 2. The minimum atomic E-state index is -3.84. The largest absolute Gasteiger partial charge is 0.273 e. The van der Waals surface area contributed by atoms with E-state index in [0.29, 0.717) is 12.0 Å². The Labute approximate surface area is 136 Å². The van der Waals surface area contributed by atoms with E-state index in [1.807, 2.05) is 24.3 Å². The lowest BCUT2D eigenvalue weighted by atomic mass is 9.82. The van der Waals surface area contributed by atoms with Crippen LogP contribution in [0.3, 0.4) is 0 Å². The van der Waals surface area contributed by atoms with Gasteiger partial charge in [-0.15, -0.1) is 0 Å². The first-order valence-electron chi connectivity index (χ1n) is 7.69. The third-order valence-corrected chi connectivity index (χ3v) is 5.81. The molecular formula is C18H19NO3S. The van der Waals surface area contributed by atoms with Crippen LogP contribution in [0.4, 0.5) is 0 Å². The maximum Gasteiger partial charge on any atom is 0.264 e. The van der Waals surface area contributed by atoms with E-state index in [-0.39, 0.29) is 4.90 Å². The molecule has 0 saturated heterocycles. The van der Waals surface area contributed by atoms with Gasteiger partial charge in [0, 0.05) is 0 Å². The second-order valence-electron chi connectivity index (χ2n) is 5.88. The van der Waals surface area contributed by atoms with Crippen molar-refractivity contribution in [1.29, 1.82) is 0 Å². The summed E-state index contributed by atoms with van der Waals surface area (Å²) < 4.78 is 27.2. The van der Waals surface area contributed by atoms with Crippen molar-refractivity contribution in [2.75, 3.05) is 0 Å². The average Bonchev–Trinajstić information content (AvgIpc) is 2.54. The molecule has 1 aliphatic carbocycles. The molecule has 2 aromatic carbocycles. The summed E-state index contributed by atoms with van der Waals surface area (Å²) >= 11 is 0. The molecule has 0 unspecified atom stereocenters. The highest BCUT2D eigenvalue weighted by Crippen LogP contribution is 2.32. The lowest BCUT2D eigenvalue weighted by molar-refractivity contribution is -0.121. The zero-order chi connectivity index (χ0) is 16.4. The van der Waals surface area contributed by atoms with Gasteiger partial charge in [0.1, 0.15) is 0 Å². The van der Waals surface area contributed by atoms with Crippen molar-refractivity contribution < 1.29 is 13.2 Å². The van der Waals surface area contributed by atoms with Crippen molar-refractivity contribution in [3.8, 4) is 0 Å². The van der Waals surface area contributed by atoms with Crippen molar-refractivity contribution in [3.05, 3.63) is 65.2 Å². The molecule has 0 spiro atoms. The van der Waals surface area contributed by atoms with Gasteiger partial charge in [-0.2, -0.15) is 0 Å². The van der Waals surface area contributed by atoms with E-state index >= 15 is 0 Å². The van der Waals surface area contributed by atoms with E-state index in [1.54, 1.807) is 25.1 Å². The van der Waals surface area contributed by atoms with Gasteiger partial charge in [-0.05, 0) is 48.9 Å². The van der Waals surface area contributed by atoms with Crippen molar-refractivity contribution in [2.24, 2.45) is 0 Å². The van der Waals surface area contributed by atoms with Gasteiger partial charge >= 0.3 is 0 Å². The third kappa shape index (κ3) is 3.15. The lowest BCUT2D eigenvalue weighted by Gasteiger charge is -2.24. The molecule has 0 fully saturated rings. The predicted molar refractivity (Wildman–Crippen MR) is 88.6 cm³/mol. The summed E-state index contributed by atoms with van der Waals surface area (Å²) in [5, 5.41) is 0. The Morgan fingerprint density at radius 3 is 2.57 bits per heavy atom. The molecule has 4 nitrogen and oxygen atoms in total. The minimum absolute atomic E-state index is 0.150. The van der Waals surface area contributed by atoms with E-state index in [0.717, 1.165) is 24.0 Å². The summed E-state index contributed by atoms with van der Waals surface area (Å²) in [7, 11) is -3.84. The normalized spacial score (nSPS) is 17.3. The first-order valence-corrected chi connectivity index (χ1v) is 9.17. The fraction of sp³-hybridized carbons (Fsp3) is 0.278. The van der Waals surface area contributed by atoms with Crippen molar-refractivity contribution in [3.63, 3.8) is 0 Å². The maximum atomic E-state index is 12.6. The smallest absolute Gasteiger partial charge is 0.264 e. The zero-order valence-corrected chi connectivity index (χ0v) is 13.8. The van der Waals surface area contributed by atoms with Gasteiger partial charge in [-0.1, -0.05) is 42.5 Å². The lowest BCUT2D eigenvalue weighted by Crippen LogP contribution is -2.36. The molecule has 120 valence electrons. The molecule has 0 aromatic heterocycles. The highest BCUT2D eigenvalue weighted by molar-refractivity contribution is 7.90. The van der Waals surface area contributed by atoms with Crippen LogP contribution in [0, 0.1) is 6.92 Å². The Morgan fingerprint density at radius 1 is 1.09 bits per heavy atom. The van der Waals surface area contributed by atoms with E-state index < -0.39 is 21.8 Å². The van der Waals surface area contributed by atoms with Gasteiger partial charge in [0.15, 0.2) is 0 Å². The SMILES string of the molecule is Cc1ccccc1S(=O)(=O)NC(=O)[C@H]1CCCc2ccccc21. The molecule has 0 heterocycles. The topological polar surface area (TPSA) is 63.2 Å². The summed E-state index contributed by atoms with van der Waals surface area (Å²) in [5.74, 6) is -0.848. The maximum absolute atomic E-state index is 12.6. The Bertz CT molecular complexity index is 843. The molecule has 0 saturated carbocycles. The second-order valence-corrected chi connectivity index (χ2v) is 7.53. The molecule has 1 aliphatic rings. The molecule has 5 heteroatoms. The fourth-order valence-electron chi connectivity index (χ4n) is 3.14. The second kappa shape index (κ2) is 6.16. The summed E-state index contributed by atoms with van der Waals surface area (Å²) in [4.78, 5) is 12.7. The molecule has 1 N–H and O–H groups in total. The fourth-order valence-corrected chi connectivity index (χ4v) is 4.41. The number of carbonyl (C=O) groups excluding carboxylic acids is 1. The molecule has 0 aliphatic heterocycles. The van der Waals surface area contributed by atoms with Crippen LogP contribution in [0.25, 0.3) is 0 Å². The number of carbonyl (C=O) groups is 1. The van der Waals surface area contributed by atoms with Crippen LogP contribution in [0.2, 0.25) is 0 Å². The summed E-state index contributed by atoms with van der Waals surface area (Å²) in [6, 6.07) is 14.4. The van der Waals surface area contributed by atoms with Crippen LogP contribution in [0.5, 0.6) is 0 Å². The molecule has 23 heavy (non-hydrogen) atoms. The van der Waals surface area contributed by atoms with E-state index in [4.69, 9.17) is 0 Å². The van der Waals surface area contributed by atoms with Crippen LogP contribution in [-0.2, 0) is 21.2 Å². The van der Waals surface area contributed by atoms with Crippen LogP contribution in [-0.4, -0.2) is 14.3 Å². The number of nitrogens with one attached hydrogen (secondary N) is 1.